The largest absolute Gasteiger partial charge is 0.457 e. The van der Waals surface area contributed by atoms with Crippen molar-refractivity contribution in [3.05, 3.63) is 108 Å². The van der Waals surface area contributed by atoms with Gasteiger partial charge in [-0.05, 0) is 42.0 Å². The van der Waals surface area contributed by atoms with Crippen LogP contribution in [0.4, 0.5) is 0 Å². The highest BCUT2D eigenvalue weighted by atomic mass is 16.5. The maximum absolute atomic E-state index is 12.5. The van der Waals surface area contributed by atoms with Gasteiger partial charge in [-0.3, -0.25) is 9.59 Å². The molecule has 3 atom stereocenters. The molecule has 0 saturated carbocycles. The summed E-state index contributed by atoms with van der Waals surface area (Å²) >= 11 is 0. The van der Waals surface area contributed by atoms with Crippen LogP contribution in [0.2, 0.25) is 0 Å². The van der Waals surface area contributed by atoms with Crippen molar-refractivity contribution in [2.24, 2.45) is 0 Å². The number of para-hydroxylation sites is 1. The molecule has 0 unspecified atom stereocenters. The van der Waals surface area contributed by atoms with Crippen molar-refractivity contribution in [3.63, 3.8) is 0 Å². The Balaban J connectivity index is 1.24. The molecule has 1 aliphatic heterocycles. The van der Waals surface area contributed by atoms with Crippen molar-refractivity contribution >= 4 is 11.8 Å². The molecule has 7 heteroatoms. The third-order valence-corrected chi connectivity index (χ3v) is 5.58. The van der Waals surface area contributed by atoms with E-state index in [1.165, 1.54) is 0 Å². The van der Waals surface area contributed by atoms with Crippen LogP contribution in [-0.4, -0.2) is 41.8 Å². The Labute approximate surface area is 204 Å². The normalized spacial score (nSPS) is 19.1. The van der Waals surface area contributed by atoms with Crippen LogP contribution in [0.25, 0.3) is 0 Å². The van der Waals surface area contributed by atoms with E-state index in [1.54, 1.807) is 36.4 Å². The van der Waals surface area contributed by atoms with Crippen molar-refractivity contribution < 1.29 is 24.2 Å². The van der Waals surface area contributed by atoms with Gasteiger partial charge in [0.25, 0.3) is 5.91 Å². The van der Waals surface area contributed by atoms with Gasteiger partial charge in [0.05, 0.1) is 25.2 Å². The van der Waals surface area contributed by atoms with Crippen molar-refractivity contribution in [2.45, 2.75) is 31.2 Å². The lowest BCUT2D eigenvalue weighted by Crippen LogP contribution is -2.49. The summed E-state index contributed by atoms with van der Waals surface area (Å²) < 4.78 is 11.6. The van der Waals surface area contributed by atoms with Gasteiger partial charge >= 0.3 is 0 Å². The minimum absolute atomic E-state index is 0.113. The molecule has 4 rings (SSSR count). The van der Waals surface area contributed by atoms with Gasteiger partial charge in [0.15, 0.2) is 0 Å². The van der Waals surface area contributed by atoms with Gasteiger partial charge in [-0.2, -0.15) is 0 Å². The lowest BCUT2D eigenvalue weighted by molar-refractivity contribution is -0.125. The second-order valence-electron chi connectivity index (χ2n) is 8.19. The van der Waals surface area contributed by atoms with Crippen molar-refractivity contribution in [1.29, 1.82) is 0 Å². The van der Waals surface area contributed by atoms with Gasteiger partial charge in [-0.25, -0.2) is 0 Å². The maximum Gasteiger partial charge on any atom is 0.251 e. The van der Waals surface area contributed by atoms with Crippen molar-refractivity contribution in [2.75, 3.05) is 6.61 Å². The third-order valence-electron chi connectivity index (χ3n) is 5.58. The Hall–Kier alpha value is -3.94. The molecule has 0 aliphatic carbocycles. The van der Waals surface area contributed by atoms with Crippen molar-refractivity contribution in [3.8, 4) is 11.5 Å². The van der Waals surface area contributed by atoms with Crippen LogP contribution >= 0.6 is 0 Å². The standard InChI is InChI=1S/C28H28N2O5/c31-19-26-25(30-28(33)21-7-3-1-4-8-21)16-15-24(35-26)17-27(32)29-18-20-11-13-23(14-12-20)34-22-9-5-2-6-10-22/h1-16,24-26,31H,17-19H2,(H,29,32)(H,30,33)/t24-,25-,26+/m0/s1. The van der Waals surface area contributed by atoms with Crippen LogP contribution in [0.1, 0.15) is 22.3 Å². The van der Waals surface area contributed by atoms with Gasteiger partial charge < -0.3 is 25.2 Å². The lowest BCUT2D eigenvalue weighted by Gasteiger charge is -2.31. The summed E-state index contributed by atoms with van der Waals surface area (Å²) in [6.45, 7) is 0.0969. The number of carbonyl (C=O) groups excluding carboxylic acids is 2. The molecule has 0 bridgehead atoms. The molecule has 0 fully saturated rings. The van der Waals surface area contributed by atoms with Gasteiger partial charge in [-0.15, -0.1) is 0 Å². The van der Waals surface area contributed by atoms with Crippen LogP contribution < -0.4 is 15.4 Å². The number of benzene rings is 3. The first-order valence-corrected chi connectivity index (χ1v) is 11.5. The molecule has 7 nitrogen and oxygen atoms in total. The molecular formula is C28H28N2O5. The molecule has 0 aromatic heterocycles. The highest BCUT2D eigenvalue weighted by Crippen LogP contribution is 2.21. The second kappa shape index (κ2) is 12.0. The maximum atomic E-state index is 12.5. The zero-order chi connectivity index (χ0) is 24.5. The topological polar surface area (TPSA) is 96.9 Å². The lowest BCUT2D eigenvalue weighted by atomic mass is 10.0. The highest BCUT2D eigenvalue weighted by molar-refractivity contribution is 5.94. The van der Waals surface area contributed by atoms with Gasteiger partial charge in [0.1, 0.15) is 17.6 Å². The number of aliphatic hydroxyl groups is 1. The second-order valence-corrected chi connectivity index (χ2v) is 8.19. The van der Waals surface area contributed by atoms with Gasteiger partial charge in [0, 0.05) is 12.1 Å². The van der Waals surface area contributed by atoms with Crippen LogP contribution in [0.3, 0.4) is 0 Å². The summed E-state index contributed by atoms with van der Waals surface area (Å²) in [4.78, 5) is 24.9. The average Bonchev–Trinajstić information content (AvgIpc) is 2.90. The number of aliphatic hydroxyl groups excluding tert-OH is 1. The molecule has 1 heterocycles. The Bertz CT molecular complexity index is 1130. The summed E-state index contributed by atoms with van der Waals surface area (Å²) in [5.74, 6) is 1.06. The molecule has 0 spiro atoms. The fourth-order valence-corrected chi connectivity index (χ4v) is 3.72. The van der Waals surface area contributed by atoms with Crippen LogP contribution in [0.15, 0.2) is 97.1 Å². The first-order valence-electron chi connectivity index (χ1n) is 11.5. The molecule has 0 radical (unpaired) electrons. The molecule has 3 N–H and O–H groups in total. The zero-order valence-electron chi connectivity index (χ0n) is 19.2. The molecule has 0 saturated heterocycles. The fourth-order valence-electron chi connectivity index (χ4n) is 3.72. The number of ether oxygens (including phenoxy) is 2. The number of nitrogens with one attached hydrogen (secondary N) is 2. The molecule has 3 aromatic rings. The Morgan fingerprint density at radius 1 is 0.857 bits per heavy atom. The Morgan fingerprint density at radius 3 is 2.20 bits per heavy atom. The van der Waals surface area contributed by atoms with Crippen LogP contribution in [0, 0.1) is 0 Å². The zero-order valence-corrected chi connectivity index (χ0v) is 19.2. The highest BCUT2D eigenvalue weighted by Gasteiger charge is 2.29. The van der Waals surface area contributed by atoms with E-state index in [-0.39, 0.29) is 24.8 Å². The van der Waals surface area contributed by atoms with E-state index in [0.29, 0.717) is 12.1 Å². The summed E-state index contributed by atoms with van der Waals surface area (Å²) in [6, 6.07) is 25.4. The Morgan fingerprint density at radius 2 is 1.51 bits per heavy atom. The number of hydrogen-bond acceptors (Lipinski definition) is 5. The summed E-state index contributed by atoms with van der Waals surface area (Å²) in [7, 11) is 0. The molecular weight excluding hydrogens is 444 g/mol. The summed E-state index contributed by atoms with van der Waals surface area (Å²) in [6.07, 6.45) is 2.51. The molecule has 1 aliphatic rings. The quantitative estimate of drug-likeness (QED) is 0.414. The number of carbonyl (C=O) groups is 2. The number of rotatable bonds is 9. The average molecular weight is 473 g/mol. The van der Waals surface area contributed by atoms with E-state index in [0.717, 1.165) is 17.1 Å². The van der Waals surface area contributed by atoms with Gasteiger partial charge in [-0.1, -0.05) is 60.7 Å². The molecule has 2 amide bonds. The fraction of sp³-hybridized carbons (Fsp3) is 0.214. The number of amides is 2. The molecule has 35 heavy (non-hydrogen) atoms. The molecule has 3 aromatic carbocycles. The monoisotopic (exact) mass is 472 g/mol. The predicted octanol–water partition coefficient (Wildman–Crippen LogP) is 3.60. The summed E-state index contributed by atoms with van der Waals surface area (Å²) in [5.41, 5.74) is 1.47. The van der Waals surface area contributed by atoms with E-state index in [1.807, 2.05) is 60.7 Å². The van der Waals surface area contributed by atoms with E-state index in [4.69, 9.17) is 9.47 Å². The third kappa shape index (κ3) is 7.02. The first kappa shape index (κ1) is 24.2. The minimum Gasteiger partial charge on any atom is -0.457 e. The molecule has 180 valence electrons. The van der Waals surface area contributed by atoms with Crippen LogP contribution in [0.5, 0.6) is 11.5 Å². The minimum atomic E-state index is -0.636. The smallest absolute Gasteiger partial charge is 0.251 e. The van der Waals surface area contributed by atoms with Crippen molar-refractivity contribution in [1.82, 2.24) is 10.6 Å². The van der Waals surface area contributed by atoms with E-state index < -0.39 is 18.2 Å². The first-order chi connectivity index (χ1) is 17.1. The van der Waals surface area contributed by atoms with Crippen LogP contribution in [-0.2, 0) is 16.1 Å². The van der Waals surface area contributed by atoms with Gasteiger partial charge in [0.2, 0.25) is 5.91 Å². The Kier molecular flexibility index (Phi) is 8.27. The summed E-state index contributed by atoms with van der Waals surface area (Å²) in [5, 5.41) is 15.5. The van der Waals surface area contributed by atoms with E-state index in [2.05, 4.69) is 10.6 Å². The van der Waals surface area contributed by atoms with E-state index >= 15 is 0 Å². The number of hydrogen-bond donors (Lipinski definition) is 3. The SMILES string of the molecule is O=C(C[C@@H]1C=C[C@H](NC(=O)c2ccccc2)[C@@H](CO)O1)NCc1ccc(Oc2ccccc2)cc1. The van der Waals surface area contributed by atoms with E-state index in [9.17, 15) is 14.7 Å². The predicted molar refractivity (Wildman–Crippen MR) is 132 cm³/mol.